The first kappa shape index (κ1) is 12.4. The number of aromatic nitrogens is 3. The summed E-state index contributed by atoms with van der Waals surface area (Å²) in [5, 5.41) is 2.05. The van der Waals surface area contributed by atoms with Crippen LogP contribution in [0.25, 0.3) is 0 Å². The summed E-state index contributed by atoms with van der Waals surface area (Å²) in [5.41, 5.74) is -3.61. The molecule has 3 rings (SSSR count). The highest BCUT2D eigenvalue weighted by Crippen LogP contribution is 2.42. The summed E-state index contributed by atoms with van der Waals surface area (Å²) in [5.74, 6) is -1.38. The maximum Gasteiger partial charge on any atom is 0.419 e. The minimum atomic E-state index is -4.64. The summed E-state index contributed by atoms with van der Waals surface area (Å²) >= 11 is 6.75. The van der Waals surface area contributed by atoms with Crippen molar-refractivity contribution in [1.82, 2.24) is 19.9 Å². The van der Waals surface area contributed by atoms with E-state index in [0.29, 0.717) is 22.4 Å². The number of hydrogen-bond donors (Lipinski definition) is 1. The van der Waals surface area contributed by atoms with E-state index in [4.69, 9.17) is 19.8 Å². The van der Waals surface area contributed by atoms with Crippen molar-refractivity contribution in [3.8, 4) is 0 Å². The van der Waals surface area contributed by atoms with Gasteiger partial charge in [-0.2, -0.15) is 13.2 Å². The van der Waals surface area contributed by atoms with Crippen LogP contribution in [-0.2, 0) is 16.4 Å². The zero-order valence-electron chi connectivity index (χ0n) is 19.1. The molecule has 1 aliphatic heterocycles. The molecule has 1 atom stereocenters. The van der Waals surface area contributed by atoms with Gasteiger partial charge in [0.05, 0.1) is 16.7 Å². The second-order valence-electron chi connectivity index (χ2n) is 5.57. The van der Waals surface area contributed by atoms with E-state index in [0.717, 1.165) is 6.92 Å². The van der Waals surface area contributed by atoms with Gasteiger partial charge in [0.15, 0.2) is 5.15 Å². The normalized spacial score (nSPS) is 25.1. The smallest absolute Gasteiger partial charge is 0.345 e. The summed E-state index contributed by atoms with van der Waals surface area (Å²) in [6.45, 7) is -4.96. The minimum Gasteiger partial charge on any atom is -0.345 e. The van der Waals surface area contributed by atoms with Crippen LogP contribution in [0.2, 0.25) is 5.15 Å². The number of likely N-dealkylation sites (tertiary alicyclic amines) is 1. The topological polar surface area (TPSA) is 71.0 Å². The molecule has 140 valence electrons. The van der Waals surface area contributed by atoms with Gasteiger partial charge < -0.3 is 10.2 Å². The van der Waals surface area contributed by atoms with E-state index < -0.39 is 36.9 Å². The van der Waals surface area contributed by atoms with E-state index in [-0.39, 0.29) is 39.8 Å². The van der Waals surface area contributed by atoms with Crippen molar-refractivity contribution in [2.45, 2.75) is 31.8 Å². The predicted octanol–water partition coefficient (Wildman–Crippen LogP) is 3.78. The highest BCUT2D eigenvalue weighted by atomic mass is 35.5. The number of rotatable bonds is 3. The quantitative estimate of drug-likeness (QED) is 0.832. The number of thiazole rings is 1. The van der Waals surface area contributed by atoms with E-state index in [1.165, 1.54) is 0 Å². The van der Waals surface area contributed by atoms with Crippen LogP contribution in [0.15, 0.2) is 6.20 Å². The Hall–Kier alpha value is -1.94. The highest BCUT2D eigenvalue weighted by Gasteiger charge is 2.45. The third-order valence-electron chi connectivity index (χ3n) is 3.78. The van der Waals surface area contributed by atoms with Crippen LogP contribution >= 0.6 is 22.9 Å². The van der Waals surface area contributed by atoms with E-state index in [9.17, 15) is 18.0 Å². The Labute approximate surface area is 164 Å². The fourth-order valence-electron chi connectivity index (χ4n) is 2.39. The summed E-state index contributed by atoms with van der Waals surface area (Å²) in [4.78, 5) is 24.7. The van der Waals surface area contributed by atoms with Crippen molar-refractivity contribution in [2.24, 2.45) is 0 Å². The Morgan fingerprint density at radius 1 is 1.46 bits per heavy atom. The molecule has 3 heterocycles. The number of halogens is 4. The van der Waals surface area contributed by atoms with Gasteiger partial charge in [0.1, 0.15) is 10.0 Å². The number of anilines is 2. The second-order valence-corrected chi connectivity index (χ2v) is 6.92. The number of nitrogens with zero attached hydrogens (tertiary/aromatic N) is 4. The average molecular weight is 412 g/mol. The third-order valence-corrected chi connectivity index (χ3v) is 5.30. The van der Waals surface area contributed by atoms with Gasteiger partial charge in [-0.1, -0.05) is 22.9 Å². The number of alkyl halides is 3. The Kier molecular flexibility index (Phi) is 3.04. The van der Waals surface area contributed by atoms with Crippen LogP contribution in [-0.4, -0.2) is 39.3 Å². The number of carbonyl (C=O) groups excluding carboxylic acids is 1. The summed E-state index contributed by atoms with van der Waals surface area (Å²) in [6.07, 6.45) is -4.39. The van der Waals surface area contributed by atoms with Crippen LogP contribution in [0, 0.1) is 6.92 Å². The molecule has 1 amide bonds. The molecule has 0 unspecified atom stereocenters. The van der Waals surface area contributed by atoms with Crippen molar-refractivity contribution in [1.29, 1.82) is 0 Å². The van der Waals surface area contributed by atoms with Crippen LogP contribution in [0.5, 0.6) is 0 Å². The fraction of sp³-hybridized carbons (Fsp3) is 0.467. The lowest BCUT2D eigenvalue weighted by molar-refractivity contribution is -0.138. The lowest BCUT2D eigenvalue weighted by atomic mass is 9.90. The maximum atomic E-state index is 13.0. The summed E-state index contributed by atoms with van der Waals surface area (Å²) in [7, 11) is 0. The van der Waals surface area contributed by atoms with Gasteiger partial charge in [0, 0.05) is 27.9 Å². The Morgan fingerprint density at radius 2 is 2.23 bits per heavy atom. The van der Waals surface area contributed by atoms with Gasteiger partial charge in [-0.15, -0.1) is 0 Å². The molecule has 0 saturated carbocycles. The summed E-state index contributed by atoms with van der Waals surface area (Å²) < 4.78 is 84.9. The monoisotopic (exact) mass is 411 g/mol. The number of hydrogen-bond acceptors (Lipinski definition) is 6. The number of carbonyl (C=O) groups is 1. The largest absolute Gasteiger partial charge is 0.419 e. The third kappa shape index (κ3) is 3.23. The van der Waals surface area contributed by atoms with E-state index in [2.05, 4.69) is 20.3 Å². The molecule has 0 aromatic carbocycles. The molecule has 0 aliphatic carbocycles. The van der Waals surface area contributed by atoms with E-state index in [1.807, 2.05) is 0 Å². The van der Waals surface area contributed by atoms with Crippen molar-refractivity contribution in [3.05, 3.63) is 27.6 Å². The Balaban J connectivity index is 1.99. The molecule has 0 bridgehead atoms. The first-order chi connectivity index (χ1) is 14.5. The van der Waals surface area contributed by atoms with Crippen LogP contribution in [0.4, 0.5) is 24.1 Å². The molecule has 1 N–H and O–H groups in total. The molecule has 2 aromatic rings. The van der Waals surface area contributed by atoms with Gasteiger partial charge >= 0.3 is 6.18 Å². The lowest BCUT2D eigenvalue weighted by Crippen LogP contribution is -2.33. The molecule has 0 spiro atoms. The molecule has 1 saturated heterocycles. The van der Waals surface area contributed by atoms with Gasteiger partial charge in [-0.25, -0.2) is 15.0 Å². The average Bonchev–Trinajstić information content (AvgIpc) is 3.14. The predicted molar refractivity (Wildman–Crippen MR) is 91.8 cm³/mol. The van der Waals surface area contributed by atoms with Crippen molar-refractivity contribution < 1.29 is 26.2 Å². The Morgan fingerprint density at radius 3 is 2.81 bits per heavy atom. The number of likely N-dealkylation sites (N-methyl/N-ethyl adjacent to an activating group) is 1. The molecule has 6 nitrogen and oxygen atoms in total. The van der Waals surface area contributed by atoms with Crippen molar-refractivity contribution in [3.63, 3.8) is 0 Å². The molecule has 1 fully saturated rings. The van der Waals surface area contributed by atoms with E-state index >= 15 is 0 Å². The zero-order valence-corrected chi connectivity index (χ0v) is 14.7. The van der Waals surface area contributed by atoms with Gasteiger partial charge in [0.2, 0.25) is 11.9 Å². The first-order valence-electron chi connectivity index (χ1n) is 10.2. The molecule has 26 heavy (non-hydrogen) atoms. The number of amides is 1. The second kappa shape index (κ2) is 6.34. The lowest BCUT2D eigenvalue weighted by Gasteiger charge is -2.18. The molecule has 0 radical (unpaired) electrons. The number of aryl methyl sites for hydroxylation is 1. The van der Waals surface area contributed by atoms with E-state index in [1.54, 1.807) is 0 Å². The zero-order chi connectivity index (χ0) is 24.3. The summed E-state index contributed by atoms with van der Waals surface area (Å²) in [6, 6.07) is 0. The molecule has 1 aliphatic rings. The standard InChI is InChI=1S/C15H15ClF3N5OS/c1-7-8(15(17,18)19)6-20-13(21-7)23-10-9(16)22-11(26-10)14(2)4-5-24(3)12(14)25/h6H,4-5H2,1-3H3,(H,20,21,23)/t14-/m1/s1/i2D3,3D3. The molecular formula is C15H15ClF3N5OS. The first-order valence-corrected chi connectivity index (χ1v) is 8.34. The molecular weight excluding hydrogens is 391 g/mol. The Bertz CT molecular complexity index is 1060. The van der Waals surface area contributed by atoms with Crippen molar-refractivity contribution in [2.75, 3.05) is 18.8 Å². The van der Waals surface area contributed by atoms with Crippen LogP contribution in [0.3, 0.4) is 0 Å². The SMILES string of the molecule is [2H]C([2H])([2H])N1CC[C@@](c2nc(Cl)c(Nc3ncc(C(F)(F)F)c(C)n3)s2)(C([2H])([2H])[2H])C1=O. The minimum absolute atomic E-state index is 0.00964. The van der Waals surface area contributed by atoms with Crippen LogP contribution in [0.1, 0.15) is 37.8 Å². The number of nitrogens with one attached hydrogen (secondary N) is 1. The van der Waals surface area contributed by atoms with Crippen LogP contribution < -0.4 is 5.32 Å². The van der Waals surface area contributed by atoms with Crippen molar-refractivity contribution >= 4 is 39.8 Å². The van der Waals surface area contributed by atoms with Gasteiger partial charge in [-0.05, 0) is 20.2 Å². The molecule has 11 heteroatoms. The maximum absolute atomic E-state index is 13.0. The molecule has 2 aromatic heterocycles. The van der Waals surface area contributed by atoms with Gasteiger partial charge in [0.25, 0.3) is 0 Å². The highest BCUT2D eigenvalue weighted by molar-refractivity contribution is 7.16. The fourth-order valence-corrected chi connectivity index (χ4v) is 3.65. The van der Waals surface area contributed by atoms with Gasteiger partial charge in [-0.3, -0.25) is 4.79 Å².